The molecule has 0 spiro atoms. The van der Waals surface area contributed by atoms with Gasteiger partial charge >= 0.3 is 12.2 Å². The van der Waals surface area contributed by atoms with Crippen LogP contribution in [0.25, 0.3) is 0 Å². The summed E-state index contributed by atoms with van der Waals surface area (Å²) in [6, 6.07) is 6.14. The molecular weight excluding hydrogens is 357 g/mol. The van der Waals surface area contributed by atoms with Gasteiger partial charge in [0, 0.05) is 18.1 Å². The first-order valence-electron chi connectivity index (χ1n) is 9.12. The van der Waals surface area contributed by atoms with Gasteiger partial charge in [0.1, 0.15) is 6.04 Å². The van der Waals surface area contributed by atoms with E-state index >= 15 is 0 Å². The van der Waals surface area contributed by atoms with Gasteiger partial charge in [-0.2, -0.15) is 18.3 Å². The van der Waals surface area contributed by atoms with Gasteiger partial charge in [-0.05, 0) is 42.5 Å². The number of urea groups is 1. The number of halogens is 3. The summed E-state index contributed by atoms with van der Waals surface area (Å²) in [5, 5.41) is 8.78. The summed E-state index contributed by atoms with van der Waals surface area (Å²) >= 11 is 0. The smallest absolute Gasteiger partial charge is 0.326 e. The van der Waals surface area contributed by atoms with Crippen molar-refractivity contribution in [2.24, 2.45) is 5.92 Å². The number of alkyl halides is 3. The molecule has 5 nitrogen and oxygen atoms in total. The van der Waals surface area contributed by atoms with Gasteiger partial charge in [0.05, 0.1) is 6.54 Å². The second-order valence-electron chi connectivity index (χ2n) is 6.92. The number of carbonyl (C=O) groups is 1. The summed E-state index contributed by atoms with van der Waals surface area (Å²) in [6.07, 6.45) is 2.50. The van der Waals surface area contributed by atoms with E-state index in [0.29, 0.717) is 25.1 Å². The summed E-state index contributed by atoms with van der Waals surface area (Å²) in [7, 11) is 0. The summed E-state index contributed by atoms with van der Waals surface area (Å²) in [5.41, 5.74) is 1.33. The van der Waals surface area contributed by atoms with Crippen LogP contribution in [-0.4, -0.2) is 28.0 Å². The highest BCUT2D eigenvalue weighted by Crippen LogP contribution is 2.34. The highest BCUT2D eigenvalue weighted by molar-refractivity contribution is 5.89. The van der Waals surface area contributed by atoms with Crippen molar-refractivity contribution in [2.75, 3.05) is 5.32 Å². The van der Waals surface area contributed by atoms with E-state index in [1.165, 1.54) is 0 Å². The molecule has 0 bridgehead atoms. The van der Waals surface area contributed by atoms with Gasteiger partial charge in [0.2, 0.25) is 0 Å². The normalized spacial score (nSPS) is 16.7. The Labute approximate surface area is 155 Å². The lowest BCUT2D eigenvalue weighted by Crippen LogP contribution is -2.51. The molecule has 0 aliphatic heterocycles. The molecule has 2 amide bonds. The number of amides is 2. The van der Waals surface area contributed by atoms with Crippen LogP contribution in [0.4, 0.5) is 23.7 Å². The summed E-state index contributed by atoms with van der Waals surface area (Å²) in [6.45, 7) is 0.511. The summed E-state index contributed by atoms with van der Waals surface area (Å²) in [4.78, 5) is 12.2. The molecular formula is C19H23F3N4O. The van der Waals surface area contributed by atoms with E-state index in [2.05, 4.69) is 15.7 Å². The van der Waals surface area contributed by atoms with Gasteiger partial charge in [-0.3, -0.25) is 4.68 Å². The largest absolute Gasteiger partial charge is 0.408 e. The van der Waals surface area contributed by atoms with E-state index < -0.39 is 24.2 Å². The third-order valence-corrected chi connectivity index (χ3v) is 4.85. The fraction of sp³-hybridized carbons (Fsp3) is 0.474. The molecule has 1 aromatic carbocycles. The number of hydrogen-bond acceptors (Lipinski definition) is 2. The topological polar surface area (TPSA) is 59.0 Å². The quantitative estimate of drug-likeness (QED) is 0.799. The zero-order valence-electron chi connectivity index (χ0n) is 14.9. The van der Waals surface area contributed by atoms with Gasteiger partial charge in [0.15, 0.2) is 0 Å². The van der Waals surface area contributed by atoms with Crippen molar-refractivity contribution < 1.29 is 18.0 Å². The number of hydrogen-bond donors (Lipinski definition) is 2. The van der Waals surface area contributed by atoms with E-state index in [0.717, 1.165) is 24.8 Å². The molecule has 1 heterocycles. The number of rotatable bonds is 5. The number of nitrogens with one attached hydrogen (secondary N) is 2. The molecule has 1 atom stereocenters. The lowest BCUT2D eigenvalue weighted by molar-refractivity contribution is -0.167. The molecule has 3 rings (SSSR count). The van der Waals surface area contributed by atoms with Crippen LogP contribution < -0.4 is 10.6 Å². The van der Waals surface area contributed by atoms with Crippen LogP contribution in [0.3, 0.4) is 0 Å². The second-order valence-corrected chi connectivity index (χ2v) is 6.92. The van der Waals surface area contributed by atoms with E-state index in [-0.39, 0.29) is 0 Å². The molecule has 0 unspecified atom stereocenters. The Bertz CT molecular complexity index is 740. The average molecular weight is 380 g/mol. The maximum atomic E-state index is 13.4. The first-order valence-corrected chi connectivity index (χ1v) is 9.12. The Morgan fingerprint density at radius 3 is 2.67 bits per heavy atom. The van der Waals surface area contributed by atoms with E-state index in [4.69, 9.17) is 0 Å². The van der Waals surface area contributed by atoms with Crippen molar-refractivity contribution in [3.63, 3.8) is 0 Å². The molecule has 1 aliphatic rings. The van der Waals surface area contributed by atoms with Crippen LogP contribution in [-0.2, 0) is 6.54 Å². The Morgan fingerprint density at radius 2 is 2.00 bits per heavy atom. The van der Waals surface area contributed by atoms with Crippen LogP contribution in [0.1, 0.15) is 37.7 Å². The minimum atomic E-state index is -4.46. The number of carbonyl (C=O) groups excluding carboxylic acids is 1. The molecule has 1 aromatic heterocycles. The SMILES string of the molecule is O=C(Nc1cccc(Cn2cccn2)c1)N[C@H](C1CCCCC1)C(F)(F)F. The highest BCUT2D eigenvalue weighted by atomic mass is 19.4. The molecule has 1 fully saturated rings. The predicted octanol–water partition coefficient (Wildman–Crippen LogP) is 4.56. The Hall–Kier alpha value is -2.51. The third kappa shape index (κ3) is 5.48. The van der Waals surface area contributed by atoms with E-state index in [1.807, 2.05) is 12.3 Å². The maximum absolute atomic E-state index is 13.4. The molecule has 1 saturated carbocycles. The molecule has 0 radical (unpaired) electrons. The number of nitrogens with zero attached hydrogens (tertiary/aromatic N) is 2. The van der Waals surface area contributed by atoms with Crippen molar-refractivity contribution in [1.82, 2.24) is 15.1 Å². The van der Waals surface area contributed by atoms with Crippen molar-refractivity contribution in [3.05, 3.63) is 48.3 Å². The maximum Gasteiger partial charge on any atom is 0.408 e. The molecule has 2 aromatic rings. The molecule has 2 N–H and O–H groups in total. The monoisotopic (exact) mass is 380 g/mol. The highest BCUT2D eigenvalue weighted by Gasteiger charge is 2.45. The van der Waals surface area contributed by atoms with Gasteiger partial charge in [-0.1, -0.05) is 31.4 Å². The molecule has 8 heteroatoms. The first-order chi connectivity index (χ1) is 12.9. The number of anilines is 1. The van der Waals surface area contributed by atoms with Gasteiger partial charge in [-0.15, -0.1) is 0 Å². The molecule has 1 aliphatic carbocycles. The van der Waals surface area contributed by atoms with Gasteiger partial charge in [-0.25, -0.2) is 4.79 Å². The molecule has 27 heavy (non-hydrogen) atoms. The summed E-state index contributed by atoms with van der Waals surface area (Å²) in [5.74, 6) is -0.560. The Balaban J connectivity index is 1.63. The van der Waals surface area contributed by atoms with Crippen LogP contribution in [0.2, 0.25) is 0 Å². The van der Waals surface area contributed by atoms with Gasteiger partial charge in [0.25, 0.3) is 0 Å². The second kappa shape index (κ2) is 8.45. The fourth-order valence-electron chi connectivity index (χ4n) is 3.57. The predicted molar refractivity (Wildman–Crippen MR) is 96.3 cm³/mol. The van der Waals surface area contributed by atoms with E-state index in [9.17, 15) is 18.0 Å². The lowest BCUT2D eigenvalue weighted by atomic mass is 9.83. The number of aromatic nitrogens is 2. The van der Waals surface area contributed by atoms with Crippen LogP contribution in [0.5, 0.6) is 0 Å². The van der Waals surface area contributed by atoms with Crippen LogP contribution >= 0.6 is 0 Å². The third-order valence-electron chi connectivity index (χ3n) is 4.85. The Morgan fingerprint density at radius 1 is 1.22 bits per heavy atom. The standard InChI is InChI=1S/C19H23F3N4O/c20-19(21,22)17(15-7-2-1-3-8-15)25-18(27)24-16-9-4-6-14(12-16)13-26-11-5-10-23-26/h4-6,9-12,15,17H,1-3,7-8,13H2,(H2,24,25,27)/t17-/m1/s1. The summed E-state index contributed by atoms with van der Waals surface area (Å²) < 4.78 is 42.0. The lowest BCUT2D eigenvalue weighted by Gasteiger charge is -2.32. The minimum Gasteiger partial charge on any atom is -0.326 e. The average Bonchev–Trinajstić information content (AvgIpc) is 3.13. The van der Waals surface area contributed by atoms with Crippen molar-refractivity contribution >= 4 is 11.7 Å². The minimum absolute atomic E-state index is 0.446. The van der Waals surface area contributed by atoms with Crippen molar-refractivity contribution in [3.8, 4) is 0 Å². The zero-order valence-corrected chi connectivity index (χ0v) is 14.9. The van der Waals surface area contributed by atoms with Crippen molar-refractivity contribution in [2.45, 2.75) is 50.9 Å². The van der Waals surface area contributed by atoms with Crippen molar-refractivity contribution in [1.29, 1.82) is 0 Å². The first kappa shape index (κ1) is 19.3. The van der Waals surface area contributed by atoms with Crippen LogP contribution in [0.15, 0.2) is 42.7 Å². The van der Waals surface area contributed by atoms with Gasteiger partial charge < -0.3 is 10.6 Å². The molecule has 0 saturated heterocycles. The van der Waals surface area contributed by atoms with Crippen LogP contribution in [0, 0.1) is 5.92 Å². The number of benzene rings is 1. The zero-order chi connectivity index (χ0) is 19.3. The fourth-order valence-corrected chi connectivity index (χ4v) is 3.57. The van der Waals surface area contributed by atoms with E-state index in [1.54, 1.807) is 35.1 Å². The molecule has 146 valence electrons. The Kier molecular flexibility index (Phi) is 6.03.